The standard InChI is InChI=1S/C12H13N3O3/c1-14-3-2-8(4-11(14)16)10-7-15(12(17)18)6-9(10)5-13/h2-4,9-10H,6-7H2,1H3,(H,17,18). The van der Waals surface area contributed by atoms with Crippen molar-refractivity contribution < 1.29 is 9.90 Å². The van der Waals surface area contributed by atoms with Crippen LogP contribution in [0.15, 0.2) is 23.1 Å². The van der Waals surface area contributed by atoms with Gasteiger partial charge in [-0.2, -0.15) is 5.26 Å². The van der Waals surface area contributed by atoms with E-state index in [0.29, 0.717) is 0 Å². The van der Waals surface area contributed by atoms with Crippen molar-refractivity contribution >= 4 is 6.09 Å². The van der Waals surface area contributed by atoms with Gasteiger partial charge in [0.05, 0.1) is 12.0 Å². The minimum absolute atomic E-state index is 0.155. The number of aryl methyl sites for hydroxylation is 1. The molecule has 0 spiro atoms. The summed E-state index contributed by atoms with van der Waals surface area (Å²) in [7, 11) is 1.64. The molecule has 6 heteroatoms. The second-order valence-corrected chi connectivity index (χ2v) is 4.44. The number of likely N-dealkylation sites (tertiary alicyclic amines) is 1. The van der Waals surface area contributed by atoms with Crippen molar-refractivity contribution in [3.63, 3.8) is 0 Å². The summed E-state index contributed by atoms with van der Waals surface area (Å²) in [6.07, 6.45) is 0.608. The maximum atomic E-state index is 11.6. The molecule has 6 nitrogen and oxygen atoms in total. The van der Waals surface area contributed by atoms with Crippen LogP contribution in [0.1, 0.15) is 11.5 Å². The van der Waals surface area contributed by atoms with Crippen LogP contribution >= 0.6 is 0 Å². The number of hydrogen-bond acceptors (Lipinski definition) is 3. The van der Waals surface area contributed by atoms with E-state index in [-0.39, 0.29) is 24.6 Å². The van der Waals surface area contributed by atoms with Crippen LogP contribution in [0.2, 0.25) is 0 Å². The summed E-state index contributed by atoms with van der Waals surface area (Å²) in [6.45, 7) is 0.465. The molecule has 0 aromatic carbocycles. The van der Waals surface area contributed by atoms with Crippen LogP contribution in [0.25, 0.3) is 0 Å². The molecule has 2 heterocycles. The Labute approximate surface area is 104 Å². The first kappa shape index (κ1) is 12.2. The molecular formula is C12H13N3O3. The smallest absolute Gasteiger partial charge is 0.407 e. The van der Waals surface area contributed by atoms with Crippen molar-refractivity contribution in [1.29, 1.82) is 5.26 Å². The van der Waals surface area contributed by atoms with Crippen molar-refractivity contribution in [3.05, 3.63) is 34.2 Å². The van der Waals surface area contributed by atoms with E-state index in [0.717, 1.165) is 5.56 Å². The zero-order valence-electron chi connectivity index (χ0n) is 9.91. The van der Waals surface area contributed by atoms with Gasteiger partial charge in [0, 0.05) is 38.3 Å². The fourth-order valence-corrected chi connectivity index (χ4v) is 2.22. The van der Waals surface area contributed by atoms with Gasteiger partial charge in [-0.05, 0) is 11.6 Å². The van der Waals surface area contributed by atoms with E-state index < -0.39 is 12.0 Å². The summed E-state index contributed by atoms with van der Waals surface area (Å²) in [5.41, 5.74) is 0.575. The molecular weight excluding hydrogens is 234 g/mol. The Morgan fingerprint density at radius 2 is 2.28 bits per heavy atom. The number of rotatable bonds is 1. The second kappa shape index (κ2) is 4.53. The number of aromatic nitrogens is 1. The molecule has 18 heavy (non-hydrogen) atoms. The Balaban J connectivity index is 2.32. The summed E-state index contributed by atoms with van der Waals surface area (Å²) in [5, 5.41) is 18.0. The normalized spacial score (nSPS) is 22.8. The molecule has 1 aliphatic rings. The zero-order valence-corrected chi connectivity index (χ0v) is 9.91. The van der Waals surface area contributed by atoms with Gasteiger partial charge in [0.15, 0.2) is 0 Å². The van der Waals surface area contributed by atoms with Gasteiger partial charge in [-0.3, -0.25) is 4.79 Å². The van der Waals surface area contributed by atoms with E-state index in [1.807, 2.05) is 0 Å². The zero-order chi connectivity index (χ0) is 13.3. The van der Waals surface area contributed by atoms with E-state index in [1.54, 1.807) is 19.3 Å². The van der Waals surface area contributed by atoms with Crippen molar-refractivity contribution in [2.75, 3.05) is 13.1 Å². The van der Waals surface area contributed by atoms with Crippen molar-refractivity contribution in [2.45, 2.75) is 5.92 Å². The number of amides is 1. The molecule has 1 aliphatic heterocycles. The third kappa shape index (κ3) is 2.07. The monoisotopic (exact) mass is 247 g/mol. The lowest BCUT2D eigenvalue weighted by molar-refractivity contribution is 0.154. The first-order valence-electron chi connectivity index (χ1n) is 5.57. The molecule has 2 atom stereocenters. The highest BCUT2D eigenvalue weighted by molar-refractivity contribution is 5.65. The highest BCUT2D eigenvalue weighted by Gasteiger charge is 2.36. The van der Waals surface area contributed by atoms with E-state index in [2.05, 4.69) is 6.07 Å². The number of carbonyl (C=O) groups is 1. The lowest BCUT2D eigenvalue weighted by Crippen LogP contribution is -2.26. The Morgan fingerprint density at radius 3 is 2.83 bits per heavy atom. The van der Waals surface area contributed by atoms with Crippen molar-refractivity contribution in [3.8, 4) is 6.07 Å². The van der Waals surface area contributed by atoms with Crippen LogP contribution in [0, 0.1) is 17.2 Å². The lowest BCUT2D eigenvalue weighted by Gasteiger charge is -2.13. The second-order valence-electron chi connectivity index (χ2n) is 4.44. The summed E-state index contributed by atoms with van der Waals surface area (Å²) >= 11 is 0. The molecule has 1 aromatic heterocycles. The molecule has 1 saturated heterocycles. The molecule has 1 amide bonds. The molecule has 2 unspecified atom stereocenters. The molecule has 1 fully saturated rings. The molecule has 2 rings (SSSR count). The van der Waals surface area contributed by atoms with Crippen LogP contribution in [0.5, 0.6) is 0 Å². The SMILES string of the molecule is Cn1ccc(C2CN(C(=O)O)CC2C#N)cc1=O. The molecule has 94 valence electrons. The topological polar surface area (TPSA) is 86.3 Å². The fraction of sp³-hybridized carbons (Fsp3) is 0.417. The van der Waals surface area contributed by atoms with E-state index in [4.69, 9.17) is 10.4 Å². The number of nitrogens with zero attached hydrogens (tertiary/aromatic N) is 3. The maximum Gasteiger partial charge on any atom is 0.407 e. The highest BCUT2D eigenvalue weighted by Crippen LogP contribution is 2.31. The Morgan fingerprint density at radius 1 is 1.56 bits per heavy atom. The van der Waals surface area contributed by atoms with Gasteiger partial charge in [-0.1, -0.05) is 0 Å². The van der Waals surface area contributed by atoms with Crippen LogP contribution in [0.4, 0.5) is 4.79 Å². The van der Waals surface area contributed by atoms with Gasteiger partial charge in [-0.15, -0.1) is 0 Å². The van der Waals surface area contributed by atoms with Gasteiger partial charge in [0.1, 0.15) is 0 Å². The molecule has 1 N–H and O–H groups in total. The molecule has 0 saturated carbocycles. The Kier molecular flexibility index (Phi) is 3.06. The first-order valence-corrected chi connectivity index (χ1v) is 5.57. The average molecular weight is 247 g/mol. The first-order chi connectivity index (χ1) is 8.52. The van der Waals surface area contributed by atoms with E-state index in [1.165, 1.54) is 15.5 Å². The Hall–Kier alpha value is -2.29. The van der Waals surface area contributed by atoms with Gasteiger partial charge in [0.2, 0.25) is 0 Å². The van der Waals surface area contributed by atoms with Gasteiger partial charge in [-0.25, -0.2) is 4.79 Å². The minimum Gasteiger partial charge on any atom is -0.465 e. The number of pyridine rings is 1. The Bertz CT molecular complexity index is 573. The summed E-state index contributed by atoms with van der Waals surface area (Å²) in [4.78, 5) is 23.7. The van der Waals surface area contributed by atoms with Crippen molar-refractivity contribution in [2.24, 2.45) is 13.0 Å². The maximum absolute atomic E-state index is 11.6. The predicted molar refractivity (Wildman–Crippen MR) is 63.1 cm³/mol. The molecule has 1 aromatic rings. The largest absolute Gasteiger partial charge is 0.465 e. The minimum atomic E-state index is -1.03. The summed E-state index contributed by atoms with van der Waals surface area (Å²) < 4.78 is 1.44. The van der Waals surface area contributed by atoms with Crippen molar-refractivity contribution in [1.82, 2.24) is 9.47 Å². The third-order valence-electron chi connectivity index (χ3n) is 3.31. The van der Waals surface area contributed by atoms with Gasteiger partial charge < -0.3 is 14.6 Å². The molecule has 0 radical (unpaired) electrons. The molecule has 0 aliphatic carbocycles. The highest BCUT2D eigenvalue weighted by atomic mass is 16.4. The van der Waals surface area contributed by atoms with Crippen LogP contribution in [0.3, 0.4) is 0 Å². The van der Waals surface area contributed by atoms with Gasteiger partial charge in [0.25, 0.3) is 5.56 Å². The summed E-state index contributed by atoms with van der Waals surface area (Å²) in [5.74, 6) is -0.617. The molecule has 0 bridgehead atoms. The van der Waals surface area contributed by atoms with Crippen LogP contribution in [-0.4, -0.2) is 33.8 Å². The number of nitriles is 1. The van der Waals surface area contributed by atoms with Crippen LogP contribution < -0.4 is 5.56 Å². The van der Waals surface area contributed by atoms with Crippen LogP contribution in [-0.2, 0) is 7.05 Å². The van der Waals surface area contributed by atoms with E-state index >= 15 is 0 Å². The predicted octanol–water partition coefficient (Wildman–Crippen LogP) is 0.602. The quantitative estimate of drug-likeness (QED) is 0.787. The average Bonchev–Trinajstić information content (AvgIpc) is 2.77. The third-order valence-corrected chi connectivity index (χ3v) is 3.31. The summed E-state index contributed by atoms with van der Waals surface area (Å²) in [6, 6.07) is 5.36. The van der Waals surface area contributed by atoms with Gasteiger partial charge >= 0.3 is 6.09 Å². The number of hydrogen-bond donors (Lipinski definition) is 1. The fourth-order valence-electron chi connectivity index (χ4n) is 2.22. The lowest BCUT2D eigenvalue weighted by atomic mass is 9.91. The number of carboxylic acid groups (broad SMARTS) is 1. The van der Waals surface area contributed by atoms with E-state index in [9.17, 15) is 9.59 Å².